The number of anilines is 1. The van der Waals surface area contributed by atoms with E-state index in [1.807, 2.05) is 47.4 Å². The van der Waals surface area contributed by atoms with E-state index >= 15 is 0 Å². The van der Waals surface area contributed by atoms with Crippen molar-refractivity contribution in [2.45, 2.75) is 24.3 Å². The summed E-state index contributed by atoms with van der Waals surface area (Å²) in [6.07, 6.45) is 1.58. The summed E-state index contributed by atoms with van der Waals surface area (Å²) in [4.78, 5) is 29.5. The molecule has 0 aromatic heterocycles. The van der Waals surface area contributed by atoms with Gasteiger partial charge in [0.15, 0.2) is 0 Å². The van der Waals surface area contributed by atoms with Crippen molar-refractivity contribution in [3.8, 4) is 0 Å². The second-order valence-corrected chi connectivity index (χ2v) is 8.11. The zero-order valence-electron chi connectivity index (χ0n) is 14.3. The van der Waals surface area contributed by atoms with Gasteiger partial charge in [-0.1, -0.05) is 23.7 Å². The van der Waals surface area contributed by atoms with Gasteiger partial charge in [0.1, 0.15) is 0 Å². The second kappa shape index (κ2) is 7.33. The highest BCUT2D eigenvalue weighted by Gasteiger charge is 2.25. The highest BCUT2D eigenvalue weighted by atomic mass is 35.5. The zero-order valence-corrected chi connectivity index (χ0v) is 15.9. The normalized spacial score (nSPS) is 16.7. The Kier molecular flexibility index (Phi) is 4.92. The molecule has 0 radical (unpaired) electrons. The summed E-state index contributed by atoms with van der Waals surface area (Å²) in [5, 5.41) is 0.634. The van der Waals surface area contributed by atoms with Gasteiger partial charge in [-0.2, -0.15) is 0 Å². The number of halogens is 1. The molecule has 134 valence electrons. The molecule has 0 saturated carbocycles. The molecule has 0 aliphatic carbocycles. The molecular formula is C20H19ClN2O2S. The Morgan fingerprint density at radius 1 is 1.12 bits per heavy atom. The van der Waals surface area contributed by atoms with Gasteiger partial charge >= 0.3 is 0 Å². The van der Waals surface area contributed by atoms with Crippen LogP contribution in [0.25, 0.3) is 0 Å². The summed E-state index contributed by atoms with van der Waals surface area (Å²) in [7, 11) is 0. The third kappa shape index (κ3) is 3.46. The largest absolute Gasteiger partial charge is 0.338 e. The average molecular weight is 387 g/mol. The van der Waals surface area contributed by atoms with E-state index in [0.717, 1.165) is 34.9 Å². The van der Waals surface area contributed by atoms with Crippen molar-refractivity contribution in [3.63, 3.8) is 0 Å². The molecule has 2 amide bonds. The van der Waals surface area contributed by atoms with E-state index in [-0.39, 0.29) is 11.8 Å². The monoisotopic (exact) mass is 386 g/mol. The fraction of sp³-hybridized carbons (Fsp3) is 0.300. The Balaban J connectivity index is 1.52. The number of thioether (sulfide) groups is 1. The number of likely N-dealkylation sites (tertiary alicyclic amines) is 1. The molecule has 2 aromatic rings. The van der Waals surface area contributed by atoms with Gasteiger partial charge in [0.25, 0.3) is 5.91 Å². The molecule has 4 nitrogen and oxygen atoms in total. The van der Waals surface area contributed by atoms with E-state index in [9.17, 15) is 9.59 Å². The van der Waals surface area contributed by atoms with Crippen molar-refractivity contribution in [2.75, 3.05) is 23.7 Å². The first kappa shape index (κ1) is 17.4. The smallest absolute Gasteiger partial charge is 0.258 e. The van der Waals surface area contributed by atoms with Gasteiger partial charge in [0, 0.05) is 47.3 Å². The molecule has 0 spiro atoms. The maximum absolute atomic E-state index is 13.0. The van der Waals surface area contributed by atoms with Crippen LogP contribution in [0.15, 0.2) is 47.4 Å². The fourth-order valence-electron chi connectivity index (χ4n) is 3.40. The van der Waals surface area contributed by atoms with Crippen LogP contribution in [-0.4, -0.2) is 35.6 Å². The number of rotatable bonds is 3. The van der Waals surface area contributed by atoms with Gasteiger partial charge in [0.2, 0.25) is 5.91 Å². The topological polar surface area (TPSA) is 40.6 Å². The van der Waals surface area contributed by atoms with E-state index in [1.165, 1.54) is 0 Å². The Hall–Kier alpha value is -1.98. The number of carbonyl (C=O) groups excluding carboxylic acids is 2. The summed E-state index contributed by atoms with van der Waals surface area (Å²) in [5.41, 5.74) is 2.58. The first-order valence-electron chi connectivity index (χ1n) is 8.73. The van der Waals surface area contributed by atoms with Crippen LogP contribution in [0, 0.1) is 0 Å². The van der Waals surface area contributed by atoms with Crippen LogP contribution in [0.2, 0.25) is 5.02 Å². The minimum absolute atomic E-state index is 0.0161. The number of carbonyl (C=O) groups is 2. The third-order valence-corrected chi connectivity index (χ3v) is 6.05. The SMILES string of the molecule is O=C1CCCN1Cc1ccc(C(=O)N2CCSc3ccc(Cl)cc32)cc1. The van der Waals surface area contributed by atoms with Crippen LogP contribution >= 0.6 is 23.4 Å². The maximum Gasteiger partial charge on any atom is 0.258 e. The number of amides is 2. The highest BCUT2D eigenvalue weighted by molar-refractivity contribution is 7.99. The molecule has 6 heteroatoms. The van der Waals surface area contributed by atoms with Crippen molar-refractivity contribution in [2.24, 2.45) is 0 Å². The number of nitrogens with zero attached hydrogens (tertiary/aromatic N) is 2. The lowest BCUT2D eigenvalue weighted by atomic mass is 10.1. The van der Waals surface area contributed by atoms with Crippen LogP contribution in [-0.2, 0) is 11.3 Å². The standard InChI is InChI=1S/C20H19ClN2O2S/c21-16-7-8-18-17(12-16)23(10-11-26-18)20(25)15-5-3-14(4-6-15)13-22-9-1-2-19(22)24/h3-8,12H,1-2,9-11,13H2. The van der Waals surface area contributed by atoms with E-state index < -0.39 is 0 Å². The van der Waals surface area contributed by atoms with Gasteiger partial charge in [-0.05, 0) is 42.3 Å². The molecule has 4 rings (SSSR count). The summed E-state index contributed by atoms with van der Waals surface area (Å²) in [5.74, 6) is 1.07. The quantitative estimate of drug-likeness (QED) is 0.793. The second-order valence-electron chi connectivity index (χ2n) is 6.53. The lowest BCUT2D eigenvalue weighted by Crippen LogP contribution is -2.35. The van der Waals surface area contributed by atoms with Gasteiger partial charge < -0.3 is 9.80 Å². The minimum Gasteiger partial charge on any atom is -0.338 e. The van der Waals surface area contributed by atoms with Crippen molar-refractivity contribution >= 4 is 40.9 Å². The number of benzene rings is 2. The predicted octanol–water partition coefficient (Wildman–Crippen LogP) is 4.21. The number of hydrogen-bond acceptors (Lipinski definition) is 3. The fourth-order valence-corrected chi connectivity index (χ4v) is 4.54. The van der Waals surface area contributed by atoms with Crippen LogP contribution in [0.5, 0.6) is 0 Å². The van der Waals surface area contributed by atoms with Gasteiger partial charge in [-0.25, -0.2) is 0 Å². The van der Waals surface area contributed by atoms with Crippen LogP contribution < -0.4 is 4.90 Å². The zero-order chi connectivity index (χ0) is 18.1. The Labute approximate surface area is 162 Å². The predicted molar refractivity (Wildman–Crippen MR) is 105 cm³/mol. The maximum atomic E-state index is 13.0. The molecule has 2 aromatic carbocycles. The van der Waals surface area contributed by atoms with Crippen LogP contribution in [0.3, 0.4) is 0 Å². The Morgan fingerprint density at radius 2 is 1.92 bits per heavy atom. The number of fused-ring (bicyclic) bond motifs is 1. The van der Waals surface area contributed by atoms with Crippen molar-refractivity contribution < 1.29 is 9.59 Å². The van der Waals surface area contributed by atoms with Crippen molar-refractivity contribution in [1.82, 2.24) is 4.90 Å². The molecule has 26 heavy (non-hydrogen) atoms. The molecule has 2 heterocycles. The third-order valence-electron chi connectivity index (χ3n) is 4.78. The van der Waals surface area contributed by atoms with Crippen molar-refractivity contribution in [3.05, 3.63) is 58.6 Å². The summed E-state index contributed by atoms with van der Waals surface area (Å²) < 4.78 is 0. The van der Waals surface area contributed by atoms with E-state index in [1.54, 1.807) is 16.7 Å². The lowest BCUT2D eigenvalue weighted by molar-refractivity contribution is -0.128. The molecule has 0 atom stereocenters. The Morgan fingerprint density at radius 3 is 2.65 bits per heavy atom. The molecule has 1 saturated heterocycles. The number of hydrogen-bond donors (Lipinski definition) is 0. The average Bonchev–Trinajstić information content (AvgIpc) is 3.06. The highest BCUT2D eigenvalue weighted by Crippen LogP contribution is 2.37. The molecule has 1 fully saturated rings. The van der Waals surface area contributed by atoms with E-state index in [4.69, 9.17) is 11.6 Å². The van der Waals surface area contributed by atoms with E-state index in [2.05, 4.69) is 0 Å². The first-order valence-corrected chi connectivity index (χ1v) is 10.1. The lowest BCUT2D eigenvalue weighted by Gasteiger charge is -2.29. The molecule has 2 aliphatic rings. The van der Waals surface area contributed by atoms with E-state index in [0.29, 0.717) is 30.1 Å². The molecule has 0 unspecified atom stereocenters. The minimum atomic E-state index is -0.0161. The van der Waals surface area contributed by atoms with Gasteiger partial charge in [-0.15, -0.1) is 11.8 Å². The molecule has 2 aliphatic heterocycles. The molecular weight excluding hydrogens is 368 g/mol. The van der Waals surface area contributed by atoms with Crippen LogP contribution in [0.1, 0.15) is 28.8 Å². The molecule has 0 bridgehead atoms. The van der Waals surface area contributed by atoms with Crippen molar-refractivity contribution in [1.29, 1.82) is 0 Å². The summed E-state index contributed by atoms with van der Waals surface area (Å²) in [6, 6.07) is 13.3. The van der Waals surface area contributed by atoms with Gasteiger partial charge in [0.05, 0.1) is 5.69 Å². The van der Waals surface area contributed by atoms with Crippen LogP contribution in [0.4, 0.5) is 5.69 Å². The molecule has 0 N–H and O–H groups in total. The van der Waals surface area contributed by atoms with Gasteiger partial charge in [-0.3, -0.25) is 9.59 Å². The summed E-state index contributed by atoms with van der Waals surface area (Å²) >= 11 is 7.87. The Bertz CT molecular complexity index is 853. The first-order chi connectivity index (χ1) is 12.6. The summed E-state index contributed by atoms with van der Waals surface area (Å²) in [6.45, 7) is 2.11.